The van der Waals surface area contributed by atoms with E-state index in [-0.39, 0.29) is 11.9 Å². The van der Waals surface area contributed by atoms with E-state index in [4.69, 9.17) is 4.74 Å². The Hall–Kier alpha value is -1.68. The lowest BCUT2D eigenvalue weighted by Gasteiger charge is -2.32. The summed E-state index contributed by atoms with van der Waals surface area (Å²) in [4.78, 5) is 18.9. The predicted octanol–water partition coefficient (Wildman–Crippen LogP) is 3.51. The average molecular weight is 302 g/mol. The number of carbonyl (C=O) groups excluding carboxylic acids is 1. The fourth-order valence-electron chi connectivity index (χ4n) is 2.94. The Morgan fingerprint density at radius 1 is 1.45 bits per heavy atom. The third-order valence-corrected chi connectivity index (χ3v) is 4.16. The van der Waals surface area contributed by atoms with E-state index in [2.05, 4.69) is 11.6 Å². The van der Waals surface area contributed by atoms with Gasteiger partial charge in [-0.15, -0.1) is 6.58 Å². The highest BCUT2D eigenvalue weighted by Crippen LogP contribution is 2.30. The third kappa shape index (κ3) is 4.41. The van der Waals surface area contributed by atoms with Gasteiger partial charge in [0, 0.05) is 18.9 Å². The minimum atomic E-state index is -0.401. The third-order valence-electron chi connectivity index (χ3n) is 4.16. The number of pyridine rings is 1. The molecule has 0 saturated carbocycles. The van der Waals surface area contributed by atoms with Gasteiger partial charge in [0.05, 0.1) is 12.6 Å². The Kier molecular flexibility index (Phi) is 6.59. The normalized spacial score (nSPS) is 20.2. The van der Waals surface area contributed by atoms with Gasteiger partial charge in [0.25, 0.3) is 5.91 Å². The number of hydrogen-bond donors (Lipinski definition) is 0. The molecule has 1 amide bonds. The van der Waals surface area contributed by atoms with E-state index in [1.807, 2.05) is 30.0 Å². The van der Waals surface area contributed by atoms with Crippen LogP contribution in [0.15, 0.2) is 37.2 Å². The standard InChI is InChI=1S/C18H26N2O2/c1-3-4-14-22-15(2)18(21)20-13-7-5-6-8-17(20)16-9-11-19-12-10-16/h3,9-12,15,17H,1,4-8,13-14H2,2H3. The monoisotopic (exact) mass is 302 g/mol. The summed E-state index contributed by atoms with van der Waals surface area (Å²) in [5, 5.41) is 0. The molecule has 1 saturated heterocycles. The van der Waals surface area contributed by atoms with Crippen molar-refractivity contribution in [1.29, 1.82) is 0 Å². The van der Waals surface area contributed by atoms with E-state index in [0.717, 1.165) is 32.2 Å². The number of carbonyl (C=O) groups is 1. The van der Waals surface area contributed by atoms with E-state index in [9.17, 15) is 4.79 Å². The molecule has 2 heterocycles. The second-order valence-corrected chi connectivity index (χ2v) is 5.77. The highest BCUT2D eigenvalue weighted by molar-refractivity contribution is 5.81. The minimum absolute atomic E-state index is 0.0905. The van der Waals surface area contributed by atoms with Crippen molar-refractivity contribution in [2.75, 3.05) is 13.2 Å². The van der Waals surface area contributed by atoms with Crippen LogP contribution in [0.4, 0.5) is 0 Å². The van der Waals surface area contributed by atoms with Gasteiger partial charge >= 0.3 is 0 Å². The first-order valence-corrected chi connectivity index (χ1v) is 8.17. The molecular formula is C18H26N2O2. The number of likely N-dealkylation sites (tertiary alicyclic amines) is 1. The molecular weight excluding hydrogens is 276 g/mol. The number of aromatic nitrogens is 1. The van der Waals surface area contributed by atoms with Crippen molar-refractivity contribution < 1.29 is 9.53 Å². The Bertz CT molecular complexity index is 475. The van der Waals surface area contributed by atoms with Crippen LogP contribution in [0.2, 0.25) is 0 Å². The highest BCUT2D eigenvalue weighted by Gasteiger charge is 2.29. The number of hydrogen-bond acceptors (Lipinski definition) is 3. The SMILES string of the molecule is C=CCCOC(C)C(=O)N1CCCCCC1c1ccncc1. The summed E-state index contributed by atoms with van der Waals surface area (Å²) >= 11 is 0. The van der Waals surface area contributed by atoms with Crippen molar-refractivity contribution in [1.82, 2.24) is 9.88 Å². The smallest absolute Gasteiger partial charge is 0.251 e. The van der Waals surface area contributed by atoms with Crippen molar-refractivity contribution >= 4 is 5.91 Å². The van der Waals surface area contributed by atoms with E-state index in [0.29, 0.717) is 6.61 Å². The van der Waals surface area contributed by atoms with Gasteiger partial charge in [-0.05, 0) is 43.9 Å². The zero-order valence-electron chi connectivity index (χ0n) is 13.4. The quantitative estimate of drug-likeness (QED) is 0.596. The zero-order chi connectivity index (χ0) is 15.8. The lowest BCUT2D eigenvalue weighted by atomic mass is 10.0. The molecule has 4 heteroatoms. The summed E-state index contributed by atoms with van der Waals surface area (Å²) in [6, 6.07) is 4.17. The van der Waals surface area contributed by atoms with Crippen LogP contribution in [-0.2, 0) is 9.53 Å². The van der Waals surface area contributed by atoms with Crippen LogP contribution in [0.1, 0.15) is 50.6 Å². The molecule has 0 bridgehead atoms. The van der Waals surface area contributed by atoms with Crippen LogP contribution < -0.4 is 0 Å². The summed E-state index contributed by atoms with van der Waals surface area (Å²) in [5.41, 5.74) is 1.17. The first-order chi connectivity index (χ1) is 10.7. The average Bonchev–Trinajstić information content (AvgIpc) is 2.81. The Morgan fingerprint density at radius 3 is 2.95 bits per heavy atom. The van der Waals surface area contributed by atoms with Crippen molar-refractivity contribution in [3.63, 3.8) is 0 Å². The fraction of sp³-hybridized carbons (Fsp3) is 0.556. The van der Waals surface area contributed by atoms with Crippen molar-refractivity contribution in [2.24, 2.45) is 0 Å². The molecule has 1 fully saturated rings. The Balaban J connectivity index is 2.09. The minimum Gasteiger partial charge on any atom is -0.368 e. The topological polar surface area (TPSA) is 42.4 Å². The summed E-state index contributed by atoms with van der Waals surface area (Å²) < 4.78 is 5.65. The number of amides is 1. The van der Waals surface area contributed by atoms with E-state index in [1.54, 1.807) is 12.4 Å². The molecule has 1 aromatic rings. The van der Waals surface area contributed by atoms with Crippen LogP contribution in [0.25, 0.3) is 0 Å². The first-order valence-electron chi connectivity index (χ1n) is 8.17. The molecule has 0 aromatic carbocycles. The molecule has 22 heavy (non-hydrogen) atoms. The lowest BCUT2D eigenvalue weighted by Crippen LogP contribution is -2.41. The van der Waals surface area contributed by atoms with Crippen molar-refractivity contribution in [3.05, 3.63) is 42.7 Å². The van der Waals surface area contributed by atoms with Crippen molar-refractivity contribution in [3.8, 4) is 0 Å². The molecule has 2 atom stereocenters. The molecule has 0 radical (unpaired) electrons. The molecule has 0 aliphatic carbocycles. The molecule has 1 aliphatic rings. The van der Waals surface area contributed by atoms with E-state index in [1.165, 1.54) is 12.0 Å². The highest BCUT2D eigenvalue weighted by atomic mass is 16.5. The summed E-state index contributed by atoms with van der Waals surface area (Å²) in [5.74, 6) is 0.0905. The van der Waals surface area contributed by atoms with Gasteiger partial charge in [-0.1, -0.05) is 18.9 Å². The van der Waals surface area contributed by atoms with Gasteiger partial charge in [0.2, 0.25) is 0 Å². The van der Waals surface area contributed by atoms with Crippen LogP contribution in [-0.4, -0.2) is 35.0 Å². The Labute approximate surface area is 133 Å². The fourth-order valence-corrected chi connectivity index (χ4v) is 2.94. The Morgan fingerprint density at radius 2 is 2.23 bits per heavy atom. The lowest BCUT2D eigenvalue weighted by molar-refractivity contribution is -0.145. The van der Waals surface area contributed by atoms with E-state index < -0.39 is 6.10 Å². The molecule has 1 aromatic heterocycles. The van der Waals surface area contributed by atoms with Gasteiger partial charge < -0.3 is 9.64 Å². The maximum atomic E-state index is 12.8. The zero-order valence-corrected chi connectivity index (χ0v) is 13.4. The first kappa shape index (κ1) is 16.7. The second-order valence-electron chi connectivity index (χ2n) is 5.77. The summed E-state index contributed by atoms with van der Waals surface area (Å²) in [6.45, 7) is 6.87. The second kappa shape index (κ2) is 8.69. The van der Waals surface area contributed by atoms with Gasteiger partial charge in [-0.25, -0.2) is 0 Å². The molecule has 2 rings (SSSR count). The molecule has 4 nitrogen and oxygen atoms in total. The maximum Gasteiger partial charge on any atom is 0.251 e. The number of nitrogens with zero attached hydrogens (tertiary/aromatic N) is 2. The number of rotatable bonds is 6. The summed E-state index contributed by atoms with van der Waals surface area (Å²) in [7, 11) is 0. The van der Waals surface area contributed by atoms with Gasteiger partial charge in [0.1, 0.15) is 6.10 Å². The van der Waals surface area contributed by atoms with Crippen LogP contribution in [0.3, 0.4) is 0 Å². The molecule has 1 aliphatic heterocycles. The van der Waals surface area contributed by atoms with Gasteiger partial charge in [-0.2, -0.15) is 0 Å². The van der Waals surface area contributed by atoms with Gasteiger partial charge in [0.15, 0.2) is 0 Å². The molecule has 0 spiro atoms. The van der Waals surface area contributed by atoms with Crippen molar-refractivity contribution in [2.45, 2.75) is 51.2 Å². The van der Waals surface area contributed by atoms with Crippen LogP contribution in [0, 0.1) is 0 Å². The molecule has 2 unspecified atom stereocenters. The summed E-state index contributed by atoms with van der Waals surface area (Å²) in [6.07, 6.45) is 10.2. The maximum absolute atomic E-state index is 12.8. The molecule has 120 valence electrons. The van der Waals surface area contributed by atoms with Crippen LogP contribution in [0.5, 0.6) is 0 Å². The van der Waals surface area contributed by atoms with E-state index >= 15 is 0 Å². The number of ether oxygens (including phenoxy) is 1. The van der Waals surface area contributed by atoms with Gasteiger partial charge in [-0.3, -0.25) is 9.78 Å². The van der Waals surface area contributed by atoms with Crippen LogP contribution >= 0.6 is 0 Å². The largest absolute Gasteiger partial charge is 0.368 e. The molecule has 0 N–H and O–H groups in total. The predicted molar refractivity (Wildman–Crippen MR) is 87.4 cm³/mol.